The van der Waals surface area contributed by atoms with Crippen LogP contribution in [-0.4, -0.2) is 46.9 Å². The van der Waals surface area contributed by atoms with Gasteiger partial charge in [-0.25, -0.2) is 4.98 Å². The van der Waals surface area contributed by atoms with Gasteiger partial charge in [0.25, 0.3) is 5.91 Å². The van der Waals surface area contributed by atoms with Crippen LogP contribution in [0.2, 0.25) is 0 Å². The topological polar surface area (TPSA) is 36.4 Å². The van der Waals surface area contributed by atoms with E-state index in [0.29, 0.717) is 0 Å². The van der Waals surface area contributed by atoms with E-state index in [9.17, 15) is 4.79 Å². The third-order valence-electron chi connectivity index (χ3n) is 3.80. The highest BCUT2D eigenvalue weighted by molar-refractivity contribution is 7.12. The van der Waals surface area contributed by atoms with Crippen LogP contribution in [-0.2, 0) is 6.54 Å². The maximum atomic E-state index is 12.6. The predicted molar refractivity (Wildman–Crippen MR) is 87.0 cm³/mol. The molecule has 4 nitrogen and oxygen atoms in total. The van der Waals surface area contributed by atoms with Crippen molar-refractivity contribution >= 4 is 28.6 Å². The summed E-state index contributed by atoms with van der Waals surface area (Å²) in [5, 5.41) is 4.09. The van der Waals surface area contributed by atoms with Gasteiger partial charge in [-0.05, 0) is 30.4 Å². The van der Waals surface area contributed by atoms with Crippen LogP contribution >= 0.6 is 22.7 Å². The van der Waals surface area contributed by atoms with E-state index in [4.69, 9.17) is 0 Å². The molecule has 0 aromatic carbocycles. The molecule has 1 aliphatic rings. The van der Waals surface area contributed by atoms with E-state index in [1.165, 1.54) is 0 Å². The summed E-state index contributed by atoms with van der Waals surface area (Å²) in [6.07, 6.45) is 1.03. The van der Waals surface area contributed by atoms with Crippen LogP contribution in [0.4, 0.5) is 0 Å². The Morgan fingerprint density at radius 3 is 2.95 bits per heavy atom. The first-order valence-corrected chi connectivity index (χ1v) is 8.99. The van der Waals surface area contributed by atoms with E-state index in [1.54, 1.807) is 22.7 Å². The lowest BCUT2D eigenvalue weighted by Gasteiger charge is -2.21. The van der Waals surface area contributed by atoms with Gasteiger partial charge in [0.15, 0.2) is 0 Å². The minimum atomic E-state index is 0.193. The van der Waals surface area contributed by atoms with Crippen LogP contribution < -0.4 is 0 Å². The average Bonchev–Trinajstić information content (AvgIpc) is 3.07. The monoisotopic (exact) mass is 321 g/mol. The molecule has 0 unspecified atom stereocenters. The van der Waals surface area contributed by atoms with E-state index >= 15 is 0 Å². The number of carbonyl (C=O) groups excluding carboxylic acids is 1. The van der Waals surface area contributed by atoms with Crippen molar-refractivity contribution in [2.75, 3.05) is 26.2 Å². The predicted octanol–water partition coefficient (Wildman–Crippen LogP) is 2.86. The van der Waals surface area contributed by atoms with Crippen molar-refractivity contribution in [2.24, 2.45) is 0 Å². The first kappa shape index (κ1) is 14.7. The zero-order chi connectivity index (χ0) is 14.7. The molecular formula is C15H19N3OS2. The molecule has 0 aliphatic carbocycles. The number of thiazole rings is 1. The Morgan fingerprint density at radius 1 is 1.33 bits per heavy atom. The van der Waals surface area contributed by atoms with E-state index in [1.807, 2.05) is 28.8 Å². The molecule has 2 aromatic rings. The van der Waals surface area contributed by atoms with Crippen LogP contribution in [0.25, 0.3) is 0 Å². The molecule has 0 N–H and O–H groups in total. The fourth-order valence-electron chi connectivity index (χ4n) is 2.61. The second-order valence-electron chi connectivity index (χ2n) is 5.33. The van der Waals surface area contributed by atoms with Gasteiger partial charge in [-0.1, -0.05) is 0 Å². The van der Waals surface area contributed by atoms with Crippen LogP contribution in [0, 0.1) is 6.92 Å². The SMILES string of the molecule is Cc1ccsc1C(=O)N1CCCN(Cc2cscn2)CC1. The minimum Gasteiger partial charge on any atom is -0.337 e. The molecule has 0 atom stereocenters. The van der Waals surface area contributed by atoms with Gasteiger partial charge in [0, 0.05) is 38.1 Å². The number of aromatic nitrogens is 1. The lowest BCUT2D eigenvalue weighted by atomic mass is 10.2. The van der Waals surface area contributed by atoms with Crippen molar-refractivity contribution < 1.29 is 4.79 Å². The normalized spacial score (nSPS) is 16.9. The van der Waals surface area contributed by atoms with Gasteiger partial charge in [-0.3, -0.25) is 9.69 Å². The lowest BCUT2D eigenvalue weighted by Crippen LogP contribution is -2.35. The van der Waals surface area contributed by atoms with Gasteiger partial charge in [0.2, 0.25) is 0 Å². The Balaban J connectivity index is 1.60. The number of amides is 1. The van der Waals surface area contributed by atoms with Crippen LogP contribution in [0.3, 0.4) is 0 Å². The first-order valence-electron chi connectivity index (χ1n) is 7.17. The number of aryl methyl sites for hydroxylation is 1. The number of hydrogen-bond donors (Lipinski definition) is 0. The Kier molecular flexibility index (Phi) is 4.67. The summed E-state index contributed by atoms with van der Waals surface area (Å²) in [6.45, 7) is 6.52. The molecule has 3 heterocycles. The van der Waals surface area contributed by atoms with Crippen LogP contribution in [0.15, 0.2) is 22.3 Å². The summed E-state index contributed by atoms with van der Waals surface area (Å²) in [5.41, 5.74) is 4.10. The second kappa shape index (κ2) is 6.68. The van der Waals surface area contributed by atoms with E-state index < -0.39 is 0 Å². The van der Waals surface area contributed by atoms with Gasteiger partial charge < -0.3 is 4.90 Å². The third kappa shape index (κ3) is 3.51. The number of hydrogen-bond acceptors (Lipinski definition) is 5. The molecule has 1 amide bonds. The maximum Gasteiger partial charge on any atom is 0.264 e. The molecule has 1 saturated heterocycles. The van der Waals surface area contributed by atoms with Crippen molar-refractivity contribution in [3.05, 3.63) is 38.5 Å². The highest BCUT2D eigenvalue weighted by Crippen LogP contribution is 2.19. The summed E-state index contributed by atoms with van der Waals surface area (Å²) in [5.74, 6) is 0.193. The Bertz CT molecular complexity index is 594. The largest absolute Gasteiger partial charge is 0.337 e. The molecule has 3 rings (SSSR count). The number of nitrogens with zero attached hydrogens (tertiary/aromatic N) is 3. The van der Waals surface area contributed by atoms with E-state index in [-0.39, 0.29) is 5.91 Å². The van der Waals surface area contributed by atoms with Crippen molar-refractivity contribution in [1.29, 1.82) is 0 Å². The summed E-state index contributed by atoms with van der Waals surface area (Å²) < 4.78 is 0. The van der Waals surface area contributed by atoms with Gasteiger partial charge in [0.05, 0.1) is 16.1 Å². The lowest BCUT2D eigenvalue weighted by molar-refractivity contribution is 0.0765. The minimum absolute atomic E-state index is 0.193. The molecule has 0 radical (unpaired) electrons. The zero-order valence-corrected chi connectivity index (χ0v) is 13.8. The second-order valence-corrected chi connectivity index (χ2v) is 6.97. The molecule has 0 spiro atoms. The molecule has 1 fully saturated rings. The molecule has 112 valence electrons. The number of thiophene rings is 1. The van der Waals surface area contributed by atoms with Crippen molar-refractivity contribution in [1.82, 2.24) is 14.8 Å². The standard InChI is InChI=1S/C15H19N3OS2/c1-12-3-8-21-14(12)15(19)18-5-2-4-17(6-7-18)9-13-10-20-11-16-13/h3,8,10-11H,2,4-7,9H2,1H3. The van der Waals surface area contributed by atoms with Crippen molar-refractivity contribution in [3.8, 4) is 0 Å². The summed E-state index contributed by atoms with van der Waals surface area (Å²) in [6, 6.07) is 2.02. The van der Waals surface area contributed by atoms with Gasteiger partial charge in [-0.2, -0.15) is 0 Å². The van der Waals surface area contributed by atoms with E-state index in [0.717, 1.165) is 55.3 Å². The maximum absolute atomic E-state index is 12.6. The average molecular weight is 321 g/mol. The molecule has 21 heavy (non-hydrogen) atoms. The number of carbonyl (C=O) groups is 1. The van der Waals surface area contributed by atoms with Crippen molar-refractivity contribution in [2.45, 2.75) is 19.9 Å². The summed E-state index contributed by atoms with van der Waals surface area (Å²) in [4.78, 5) is 22.2. The summed E-state index contributed by atoms with van der Waals surface area (Å²) in [7, 11) is 0. The quantitative estimate of drug-likeness (QED) is 0.872. The molecule has 0 bridgehead atoms. The molecule has 1 aliphatic heterocycles. The molecular weight excluding hydrogens is 302 g/mol. The van der Waals surface area contributed by atoms with Gasteiger partial charge in [0.1, 0.15) is 0 Å². The van der Waals surface area contributed by atoms with E-state index in [2.05, 4.69) is 15.3 Å². The molecule has 6 heteroatoms. The van der Waals surface area contributed by atoms with Gasteiger partial charge in [-0.15, -0.1) is 22.7 Å². The highest BCUT2D eigenvalue weighted by Gasteiger charge is 2.22. The zero-order valence-electron chi connectivity index (χ0n) is 12.1. The third-order valence-corrected chi connectivity index (χ3v) is 5.44. The van der Waals surface area contributed by atoms with Crippen molar-refractivity contribution in [3.63, 3.8) is 0 Å². The van der Waals surface area contributed by atoms with Crippen LogP contribution in [0.1, 0.15) is 27.3 Å². The van der Waals surface area contributed by atoms with Gasteiger partial charge >= 0.3 is 0 Å². The smallest absolute Gasteiger partial charge is 0.264 e. The van der Waals surface area contributed by atoms with Crippen LogP contribution in [0.5, 0.6) is 0 Å². The fraction of sp³-hybridized carbons (Fsp3) is 0.467. The Hall–Kier alpha value is -1.24. The highest BCUT2D eigenvalue weighted by atomic mass is 32.1. The number of rotatable bonds is 3. The fourth-order valence-corrected chi connectivity index (χ4v) is 4.05. The molecule has 2 aromatic heterocycles. The Morgan fingerprint density at radius 2 is 2.24 bits per heavy atom. The molecule has 0 saturated carbocycles. The Labute approximate surface area is 133 Å². The summed E-state index contributed by atoms with van der Waals surface area (Å²) >= 11 is 3.19. The first-order chi connectivity index (χ1) is 10.2.